The van der Waals surface area contributed by atoms with E-state index in [1.165, 1.54) is 0 Å². The van der Waals surface area contributed by atoms with Crippen molar-refractivity contribution in [2.24, 2.45) is 0 Å². The fourth-order valence-corrected chi connectivity index (χ4v) is 3.05. The summed E-state index contributed by atoms with van der Waals surface area (Å²) in [6.45, 7) is 3.64. The Hall–Kier alpha value is -3.00. The molecule has 1 aromatic heterocycles. The number of nitrogens with zero attached hydrogens (tertiary/aromatic N) is 2. The van der Waals surface area contributed by atoms with Crippen LogP contribution >= 0.6 is 11.6 Å². The quantitative estimate of drug-likeness (QED) is 0.698. The second-order valence-electron chi connectivity index (χ2n) is 5.62. The molecule has 0 amide bonds. The van der Waals surface area contributed by atoms with Gasteiger partial charge < -0.3 is 26.3 Å². The number of carbonyl (C=O) groups is 1. The fourth-order valence-electron chi connectivity index (χ4n) is 2.85. The van der Waals surface area contributed by atoms with Crippen LogP contribution in [0.3, 0.4) is 0 Å². The van der Waals surface area contributed by atoms with E-state index in [1.807, 2.05) is 6.07 Å². The molecule has 0 fully saturated rings. The summed E-state index contributed by atoms with van der Waals surface area (Å²) in [5, 5.41) is 3.59. The van der Waals surface area contributed by atoms with Gasteiger partial charge in [0.25, 0.3) is 0 Å². The predicted molar refractivity (Wildman–Crippen MR) is 98.6 cm³/mol. The van der Waals surface area contributed by atoms with Crippen LogP contribution in [-0.2, 0) is 9.47 Å². The van der Waals surface area contributed by atoms with Gasteiger partial charge >= 0.3 is 6.16 Å². The fraction of sp³-hybridized carbons (Fsp3) is 0.235. The zero-order valence-corrected chi connectivity index (χ0v) is 15.0. The number of aromatic nitrogens is 2. The Bertz CT molecular complexity index is 900. The maximum absolute atomic E-state index is 11.9. The largest absolute Gasteiger partial charge is 0.513 e. The van der Waals surface area contributed by atoms with Gasteiger partial charge in [-0.1, -0.05) is 23.7 Å². The van der Waals surface area contributed by atoms with Crippen molar-refractivity contribution >= 4 is 35.3 Å². The van der Waals surface area contributed by atoms with E-state index >= 15 is 0 Å². The smallest absolute Gasteiger partial charge is 0.434 e. The van der Waals surface area contributed by atoms with Crippen LogP contribution < -0.4 is 16.8 Å². The molecule has 5 N–H and O–H groups in total. The lowest BCUT2D eigenvalue weighted by Gasteiger charge is -2.30. The van der Waals surface area contributed by atoms with Gasteiger partial charge in [0, 0.05) is 5.02 Å². The van der Waals surface area contributed by atoms with Crippen molar-refractivity contribution < 1.29 is 14.3 Å². The summed E-state index contributed by atoms with van der Waals surface area (Å²) in [6, 6.07) is 7.16. The van der Waals surface area contributed by atoms with Crippen LogP contribution in [0.5, 0.6) is 0 Å². The van der Waals surface area contributed by atoms with Gasteiger partial charge in [-0.25, -0.2) is 4.79 Å². The van der Waals surface area contributed by atoms with Crippen LogP contribution in [0.15, 0.2) is 35.7 Å². The molecule has 0 spiro atoms. The first-order valence-electron chi connectivity index (χ1n) is 7.91. The molecule has 0 radical (unpaired) electrons. The SMILES string of the molecule is CCOC(=O)OC1=C(C)Nc2nc(N)nc(N)c2C1c1cccc(Cl)c1. The van der Waals surface area contributed by atoms with Crippen molar-refractivity contribution in [3.05, 3.63) is 51.9 Å². The van der Waals surface area contributed by atoms with Crippen molar-refractivity contribution in [2.75, 3.05) is 23.4 Å². The molecule has 3 rings (SSSR count). The van der Waals surface area contributed by atoms with Gasteiger partial charge in [0.2, 0.25) is 5.95 Å². The van der Waals surface area contributed by atoms with Crippen molar-refractivity contribution in [1.82, 2.24) is 9.97 Å². The van der Waals surface area contributed by atoms with E-state index in [0.717, 1.165) is 5.56 Å². The maximum Gasteiger partial charge on any atom is 0.513 e. The Kier molecular flexibility index (Phi) is 4.85. The van der Waals surface area contributed by atoms with Gasteiger partial charge in [-0.05, 0) is 31.5 Å². The number of allylic oxidation sites excluding steroid dienone is 2. The highest BCUT2D eigenvalue weighted by molar-refractivity contribution is 6.30. The van der Waals surface area contributed by atoms with Crippen LogP contribution in [0, 0.1) is 0 Å². The minimum Gasteiger partial charge on any atom is -0.434 e. The molecule has 0 saturated heterocycles. The van der Waals surface area contributed by atoms with Crippen molar-refractivity contribution in [1.29, 1.82) is 0 Å². The minimum atomic E-state index is -0.811. The molecule has 1 atom stereocenters. The summed E-state index contributed by atoms with van der Waals surface area (Å²) < 4.78 is 10.4. The number of nitrogens with two attached hydrogens (primary N) is 2. The van der Waals surface area contributed by atoms with Crippen LogP contribution in [0.25, 0.3) is 0 Å². The van der Waals surface area contributed by atoms with E-state index in [2.05, 4.69) is 15.3 Å². The summed E-state index contributed by atoms with van der Waals surface area (Å²) in [5.74, 6) is 0.463. The summed E-state index contributed by atoms with van der Waals surface area (Å²) in [5.41, 5.74) is 13.7. The van der Waals surface area contributed by atoms with Gasteiger partial charge in [0.1, 0.15) is 17.4 Å². The van der Waals surface area contributed by atoms with E-state index < -0.39 is 12.1 Å². The second kappa shape index (κ2) is 7.09. The third-order valence-electron chi connectivity index (χ3n) is 3.86. The number of ether oxygens (including phenoxy) is 2. The Balaban J connectivity index is 2.17. The highest BCUT2D eigenvalue weighted by atomic mass is 35.5. The monoisotopic (exact) mass is 375 g/mol. The molecule has 2 aromatic rings. The number of hydrogen-bond donors (Lipinski definition) is 3. The molecule has 26 heavy (non-hydrogen) atoms. The molecule has 136 valence electrons. The lowest BCUT2D eigenvalue weighted by Crippen LogP contribution is -2.24. The third kappa shape index (κ3) is 3.36. The summed E-state index contributed by atoms with van der Waals surface area (Å²) >= 11 is 6.15. The number of anilines is 3. The maximum atomic E-state index is 11.9. The lowest BCUT2D eigenvalue weighted by atomic mass is 9.87. The lowest BCUT2D eigenvalue weighted by molar-refractivity contribution is 0.0778. The van der Waals surface area contributed by atoms with Crippen LogP contribution in [-0.4, -0.2) is 22.7 Å². The van der Waals surface area contributed by atoms with Gasteiger partial charge in [-0.3, -0.25) is 0 Å². The molecule has 0 saturated carbocycles. The molecular weight excluding hydrogens is 358 g/mol. The molecular formula is C17H18ClN5O3. The standard InChI is InChI=1S/C17H18ClN5O3/c1-3-25-17(24)26-13-8(2)21-15-12(14(19)22-16(20)23-15)11(13)9-5-4-6-10(18)7-9/h4-7,11H,3H2,1-2H3,(H5,19,20,21,22,23). The van der Waals surface area contributed by atoms with Gasteiger partial charge in [-0.2, -0.15) is 9.97 Å². The molecule has 1 aromatic carbocycles. The van der Waals surface area contributed by atoms with E-state index in [9.17, 15) is 4.79 Å². The molecule has 1 aliphatic heterocycles. The van der Waals surface area contributed by atoms with Crippen molar-refractivity contribution in [3.63, 3.8) is 0 Å². The Morgan fingerprint density at radius 1 is 1.35 bits per heavy atom. The first kappa shape index (κ1) is 17.8. The number of nitrogens with one attached hydrogen (secondary N) is 1. The van der Waals surface area contributed by atoms with Gasteiger partial charge in [0.05, 0.1) is 23.8 Å². The van der Waals surface area contributed by atoms with Crippen molar-refractivity contribution in [2.45, 2.75) is 19.8 Å². The Labute approximate surface area is 155 Å². The summed E-state index contributed by atoms with van der Waals surface area (Å²) in [4.78, 5) is 20.2. The molecule has 9 heteroatoms. The molecule has 2 heterocycles. The highest BCUT2D eigenvalue weighted by Crippen LogP contribution is 2.44. The second-order valence-corrected chi connectivity index (χ2v) is 6.05. The predicted octanol–water partition coefficient (Wildman–Crippen LogP) is 3.26. The van der Waals surface area contributed by atoms with E-state index in [-0.39, 0.29) is 18.4 Å². The van der Waals surface area contributed by atoms with Crippen molar-refractivity contribution in [3.8, 4) is 0 Å². The molecule has 0 bridgehead atoms. The zero-order chi connectivity index (χ0) is 18.8. The average Bonchev–Trinajstić information content (AvgIpc) is 2.56. The van der Waals surface area contributed by atoms with E-state index in [4.69, 9.17) is 32.5 Å². The van der Waals surface area contributed by atoms with Gasteiger partial charge in [0.15, 0.2) is 0 Å². The minimum absolute atomic E-state index is 0.0427. The first-order chi connectivity index (χ1) is 12.4. The highest BCUT2D eigenvalue weighted by Gasteiger charge is 2.35. The molecule has 1 aliphatic rings. The number of benzene rings is 1. The number of fused-ring (bicyclic) bond motifs is 1. The van der Waals surface area contributed by atoms with E-state index in [0.29, 0.717) is 27.9 Å². The first-order valence-corrected chi connectivity index (χ1v) is 8.29. The Morgan fingerprint density at radius 3 is 2.81 bits per heavy atom. The number of carbonyl (C=O) groups excluding carboxylic acids is 1. The molecule has 8 nitrogen and oxygen atoms in total. The Morgan fingerprint density at radius 2 is 2.12 bits per heavy atom. The van der Waals surface area contributed by atoms with E-state index in [1.54, 1.807) is 32.0 Å². The number of rotatable bonds is 3. The number of hydrogen-bond acceptors (Lipinski definition) is 8. The van der Waals surface area contributed by atoms with Crippen LogP contribution in [0.1, 0.15) is 30.9 Å². The topological polar surface area (TPSA) is 125 Å². The van der Waals surface area contributed by atoms with Gasteiger partial charge in [-0.15, -0.1) is 0 Å². The summed E-state index contributed by atoms with van der Waals surface area (Å²) in [6.07, 6.45) is -0.811. The number of nitrogen functional groups attached to an aromatic ring is 2. The average molecular weight is 376 g/mol. The normalized spacial score (nSPS) is 15.9. The summed E-state index contributed by atoms with van der Waals surface area (Å²) in [7, 11) is 0. The molecule has 1 unspecified atom stereocenters. The third-order valence-corrected chi connectivity index (χ3v) is 4.09. The molecule has 0 aliphatic carbocycles. The van der Waals surface area contributed by atoms with Crippen LogP contribution in [0.2, 0.25) is 5.02 Å². The number of halogens is 1. The zero-order valence-electron chi connectivity index (χ0n) is 14.2. The van der Waals surface area contributed by atoms with Crippen LogP contribution in [0.4, 0.5) is 22.4 Å².